The van der Waals surface area contributed by atoms with Gasteiger partial charge in [0, 0.05) is 16.5 Å². The second kappa shape index (κ2) is 6.65. The number of hydrogen-bond donors (Lipinski definition) is 0. The van der Waals surface area contributed by atoms with Crippen LogP contribution in [0.15, 0.2) is 71.7 Å². The molecule has 0 saturated carbocycles. The fourth-order valence-electron chi connectivity index (χ4n) is 5.46. The molecule has 0 fully saturated rings. The van der Waals surface area contributed by atoms with Crippen LogP contribution in [0.25, 0.3) is 0 Å². The number of aliphatic imine (C=N–C) groups is 1. The summed E-state index contributed by atoms with van der Waals surface area (Å²) in [7, 11) is 0. The van der Waals surface area contributed by atoms with Crippen molar-refractivity contribution >= 4 is 23.0 Å². The zero-order valence-corrected chi connectivity index (χ0v) is 18.9. The number of nitrogens with zero attached hydrogens (tertiary/aromatic N) is 2. The highest BCUT2D eigenvalue weighted by Gasteiger charge is 2.52. The highest BCUT2D eigenvalue weighted by atomic mass is 16.2. The molecule has 1 unspecified atom stereocenters. The molecule has 0 aliphatic carbocycles. The average Bonchev–Trinajstić information content (AvgIpc) is 3.02. The van der Waals surface area contributed by atoms with Crippen molar-refractivity contribution < 1.29 is 4.79 Å². The van der Waals surface area contributed by atoms with E-state index in [0.717, 1.165) is 23.4 Å². The first kappa shape index (κ1) is 19.7. The van der Waals surface area contributed by atoms with Gasteiger partial charge in [0.15, 0.2) is 0 Å². The number of benzene rings is 3. The summed E-state index contributed by atoms with van der Waals surface area (Å²) in [5, 5.41) is 0. The molecule has 0 N–H and O–H groups in total. The van der Waals surface area contributed by atoms with Crippen LogP contribution in [0.1, 0.15) is 55.0 Å². The summed E-state index contributed by atoms with van der Waals surface area (Å²) in [4.78, 5) is 20.5. The molecule has 3 heteroatoms. The standard InChI is InChI=1S/C28H28N2O/c1-18-14-15-21(16-19(18)2)29-24-22-12-9-13-23-25(22)30(26(24)31)27(3,4)17-28(23,5)20-10-7-6-8-11-20/h6-16H,17H2,1-5H3. The van der Waals surface area contributed by atoms with Crippen LogP contribution in [0.5, 0.6) is 0 Å². The minimum atomic E-state index is -0.328. The van der Waals surface area contributed by atoms with Crippen molar-refractivity contribution in [3.63, 3.8) is 0 Å². The van der Waals surface area contributed by atoms with E-state index in [1.807, 2.05) is 17.0 Å². The summed E-state index contributed by atoms with van der Waals surface area (Å²) < 4.78 is 0. The lowest BCUT2D eigenvalue weighted by Crippen LogP contribution is -2.54. The van der Waals surface area contributed by atoms with Crippen LogP contribution in [-0.2, 0) is 10.2 Å². The number of amides is 1. The Morgan fingerprint density at radius 3 is 2.32 bits per heavy atom. The third-order valence-electron chi connectivity index (χ3n) is 7.05. The second-order valence-corrected chi connectivity index (χ2v) is 9.76. The lowest BCUT2D eigenvalue weighted by Gasteiger charge is -2.49. The molecule has 2 aliphatic rings. The molecule has 0 aromatic heterocycles. The molecule has 5 rings (SSSR count). The highest BCUT2D eigenvalue weighted by molar-refractivity contribution is 6.55. The molecule has 3 nitrogen and oxygen atoms in total. The third kappa shape index (κ3) is 2.87. The summed E-state index contributed by atoms with van der Waals surface area (Å²) in [6.07, 6.45) is 0.850. The largest absolute Gasteiger partial charge is 0.300 e. The van der Waals surface area contributed by atoms with E-state index >= 15 is 0 Å². The number of rotatable bonds is 2. The zero-order valence-electron chi connectivity index (χ0n) is 18.9. The van der Waals surface area contributed by atoms with E-state index in [1.165, 1.54) is 22.3 Å². The first-order valence-corrected chi connectivity index (χ1v) is 10.9. The number of anilines is 1. The SMILES string of the molecule is Cc1ccc(N=C2C(=O)N3c4c2cccc4C(C)(c2ccccc2)CC3(C)C)cc1C. The van der Waals surface area contributed by atoms with Crippen LogP contribution < -0.4 is 4.90 Å². The van der Waals surface area contributed by atoms with Gasteiger partial charge < -0.3 is 4.90 Å². The maximum absolute atomic E-state index is 13.7. The molecule has 2 heterocycles. The minimum Gasteiger partial charge on any atom is -0.300 e. The van der Waals surface area contributed by atoms with Gasteiger partial charge in [-0.05, 0) is 68.5 Å². The Morgan fingerprint density at radius 2 is 1.61 bits per heavy atom. The van der Waals surface area contributed by atoms with Crippen LogP contribution in [0.4, 0.5) is 11.4 Å². The van der Waals surface area contributed by atoms with Gasteiger partial charge in [-0.1, -0.05) is 61.5 Å². The van der Waals surface area contributed by atoms with Crippen molar-refractivity contribution in [3.05, 3.63) is 94.5 Å². The van der Waals surface area contributed by atoms with E-state index in [9.17, 15) is 4.79 Å². The summed E-state index contributed by atoms with van der Waals surface area (Å²) in [6, 6.07) is 23.1. The van der Waals surface area contributed by atoms with Gasteiger partial charge in [-0.15, -0.1) is 0 Å². The highest BCUT2D eigenvalue weighted by Crippen LogP contribution is 2.54. The van der Waals surface area contributed by atoms with Crippen LogP contribution in [0.3, 0.4) is 0 Å². The topological polar surface area (TPSA) is 32.7 Å². The molecule has 0 spiro atoms. The summed E-state index contributed by atoms with van der Waals surface area (Å²) in [5.41, 5.74) is 7.72. The molecule has 3 aromatic rings. The molecular weight excluding hydrogens is 380 g/mol. The summed E-state index contributed by atoms with van der Waals surface area (Å²) in [6.45, 7) is 10.8. The van der Waals surface area contributed by atoms with E-state index in [2.05, 4.69) is 89.2 Å². The number of aryl methyl sites for hydroxylation is 2. The molecular formula is C28H28N2O. The molecule has 156 valence electrons. The summed E-state index contributed by atoms with van der Waals surface area (Å²) in [5.74, 6) is 0.000731. The lowest BCUT2D eigenvalue weighted by atomic mass is 9.65. The first-order chi connectivity index (χ1) is 14.7. The minimum absolute atomic E-state index is 0.000731. The van der Waals surface area contributed by atoms with Gasteiger partial charge in [-0.2, -0.15) is 0 Å². The van der Waals surface area contributed by atoms with E-state index in [4.69, 9.17) is 4.99 Å². The Bertz CT molecular complexity index is 1240. The predicted molar refractivity (Wildman–Crippen MR) is 128 cm³/mol. The van der Waals surface area contributed by atoms with Gasteiger partial charge in [0.2, 0.25) is 0 Å². The lowest BCUT2D eigenvalue weighted by molar-refractivity contribution is -0.113. The first-order valence-electron chi connectivity index (χ1n) is 10.9. The quantitative estimate of drug-likeness (QED) is 0.493. The van der Waals surface area contributed by atoms with Gasteiger partial charge in [0.05, 0.1) is 11.4 Å². The molecule has 3 aromatic carbocycles. The Labute approximate surface area is 184 Å². The van der Waals surface area contributed by atoms with Gasteiger partial charge in [0.25, 0.3) is 5.91 Å². The monoisotopic (exact) mass is 408 g/mol. The van der Waals surface area contributed by atoms with Crippen LogP contribution in [0, 0.1) is 13.8 Å². The predicted octanol–water partition coefficient (Wildman–Crippen LogP) is 6.26. The Balaban J connectivity index is 1.74. The van der Waals surface area contributed by atoms with Gasteiger partial charge in [-0.3, -0.25) is 4.79 Å². The normalized spacial score (nSPS) is 22.7. The maximum atomic E-state index is 13.7. The van der Waals surface area contributed by atoms with E-state index < -0.39 is 0 Å². The number of para-hydroxylation sites is 1. The number of hydrogen-bond acceptors (Lipinski definition) is 2. The van der Waals surface area contributed by atoms with Gasteiger partial charge >= 0.3 is 0 Å². The zero-order chi connectivity index (χ0) is 22.0. The van der Waals surface area contributed by atoms with Crippen LogP contribution in [-0.4, -0.2) is 17.2 Å². The molecule has 2 aliphatic heterocycles. The van der Waals surface area contributed by atoms with Crippen molar-refractivity contribution in [3.8, 4) is 0 Å². The summed E-state index contributed by atoms with van der Waals surface area (Å²) >= 11 is 0. The Morgan fingerprint density at radius 1 is 0.871 bits per heavy atom. The Kier molecular flexibility index (Phi) is 4.23. The molecule has 0 radical (unpaired) electrons. The van der Waals surface area contributed by atoms with Crippen molar-refractivity contribution in [1.29, 1.82) is 0 Å². The van der Waals surface area contributed by atoms with E-state index in [-0.39, 0.29) is 16.9 Å². The smallest absolute Gasteiger partial charge is 0.278 e. The number of carbonyl (C=O) groups excluding carboxylic acids is 1. The van der Waals surface area contributed by atoms with Crippen molar-refractivity contribution in [1.82, 2.24) is 0 Å². The Hall–Kier alpha value is -3.20. The fraction of sp³-hybridized carbons (Fsp3) is 0.286. The third-order valence-corrected chi connectivity index (χ3v) is 7.05. The molecule has 1 atom stereocenters. The molecule has 1 amide bonds. The van der Waals surface area contributed by atoms with Crippen molar-refractivity contribution in [2.45, 2.75) is 52.0 Å². The van der Waals surface area contributed by atoms with Crippen molar-refractivity contribution in [2.75, 3.05) is 4.90 Å². The van der Waals surface area contributed by atoms with Crippen LogP contribution >= 0.6 is 0 Å². The van der Waals surface area contributed by atoms with Gasteiger partial charge in [-0.25, -0.2) is 4.99 Å². The van der Waals surface area contributed by atoms with E-state index in [1.54, 1.807) is 0 Å². The van der Waals surface area contributed by atoms with Gasteiger partial charge in [0.1, 0.15) is 5.71 Å². The van der Waals surface area contributed by atoms with Crippen molar-refractivity contribution in [2.24, 2.45) is 4.99 Å². The second-order valence-electron chi connectivity index (χ2n) is 9.76. The maximum Gasteiger partial charge on any atom is 0.278 e. The number of carbonyl (C=O) groups is 1. The molecule has 31 heavy (non-hydrogen) atoms. The average molecular weight is 409 g/mol. The van der Waals surface area contributed by atoms with Crippen LogP contribution in [0.2, 0.25) is 0 Å². The molecule has 0 bridgehead atoms. The van der Waals surface area contributed by atoms with E-state index in [0.29, 0.717) is 5.71 Å². The molecule has 0 saturated heterocycles. The fourth-order valence-corrected chi connectivity index (χ4v) is 5.46.